The first-order chi connectivity index (χ1) is 7.20. The number of hydrogen-bond donors (Lipinski definition) is 0. The molecule has 0 N–H and O–H groups in total. The van der Waals surface area contributed by atoms with Crippen LogP contribution in [0.15, 0.2) is 33.2 Å². The van der Waals surface area contributed by atoms with Crippen LogP contribution in [0.1, 0.15) is 11.5 Å². The van der Waals surface area contributed by atoms with Crippen LogP contribution in [0.25, 0.3) is 11.5 Å². The molecule has 0 aliphatic heterocycles. The van der Waals surface area contributed by atoms with Gasteiger partial charge in [0.1, 0.15) is 5.76 Å². The highest BCUT2D eigenvalue weighted by Gasteiger charge is 2.09. The van der Waals surface area contributed by atoms with E-state index in [1.165, 1.54) is 0 Å². The minimum Gasteiger partial charge on any atom is -0.441 e. The maximum atomic E-state index is 5.57. The number of halogens is 1. The lowest BCUT2D eigenvalue weighted by molar-refractivity contribution is 0.540. The van der Waals surface area contributed by atoms with Crippen molar-refractivity contribution in [2.75, 3.05) is 0 Å². The van der Waals surface area contributed by atoms with Crippen molar-refractivity contribution in [2.45, 2.75) is 13.3 Å². The largest absolute Gasteiger partial charge is 0.441 e. The van der Waals surface area contributed by atoms with E-state index in [0.717, 1.165) is 21.5 Å². The first-order valence-corrected chi connectivity index (χ1v) is 5.51. The molecule has 0 saturated carbocycles. The van der Waals surface area contributed by atoms with E-state index in [0.29, 0.717) is 12.3 Å². The lowest BCUT2D eigenvalue weighted by Crippen LogP contribution is -1.82. The highest BCUT2D eigenvalue weighted by Crippen LogP contribution is 2.23. The second kappa shape index (κ2) is 4.19. The van der Waals surface area contributed by atoms with Gasteiger partial charge in [-0.25, -0.2) is 4.98 Å². The van der Waals surface area contributed by atoms with Gasteiger partial charge in [-0.05, 0) is 44.5 Å². The Bertz CT molecular complexity index is 459. The number of aromatic nitrogens is 1. The van der Waals surface area contributed by atoms with Crippen molar-refractivity contribution in [3.63, 3.8) is 0 Å². The second-order valence-corrected chi connectivity index (χ2v) is 4.19. The number of rotatable bonds is 2. The molecule has 0 fully saturated rings. The van der Waals surface area contributed by atoms with E-state index in [1.54, 1.807) is 0 Å². The van der Waals surface area contributed by atoms with Crippen LogP contribution in [-0.4, -0.2) is 4.98 Å². The predicted octanol–water partition coefficient (Wildman–Crippen LogP) is 3.79. The monoisotopic (exact) mass is 264 g/mol. The third-order valence-corrected chi connectivity index (χ3v) is 2.75. The highest BCUT2D eigenvalue weighted by atomic mass is 79.9. The van der Waals surface area contributed by atoms with Gasteiger partial charge in [-0.2, -0.15) is 0 Å². The molecule has 1 aromatic heterocycles. The lowest BCUT2D eigenvalue weighted by atomic mass is 10.2. The molecule has 1 heterocycles. The maximum Gasteiger partial charge on any atom is 0.226 e. The second-order valence-electron chi connectivity index (χ2n) is 3.28. The van der Waals surface area contributed by atoms with E-state index in [1.807, 2.05) is 31.2 Å². The first-order valence-electron chi connectivity index (χ1n) is 4.72. The van der Waals surface area contributed by atoms with Crippen molar-refractivity contribution < 1.29 is 4.42 Å². The van der Waals surface area contributed by atoms with Crippen molar-refractivity contribution in [3.05, 3.63) is 47.1 Å². The molecule has 2 nitrogen and oxygen atoms in total. The third kappa shape index (κ3) is 2.12. The van der Waals surface area contributed by atoms with Gasteiger partial charge in [0.2, 0.25) is 5.89 Å². The summed E-state index contributed by atoms with van der Waals surface area (Å²) in [5.41, 5.74) is 1.91. The lowest BCUT2D eigenvalue weighted by Gasteiger charge is -1.94. The number of oxazole rings is 1. The van der Waals surface area contributed by atoms with Crippen molar-refractivity contribution in [3.8, 4) is 11.5 Å². The SMILES string of the molecule is [CH2]Cc1nc(-c2ccc(Br)cc2)oc1C. The molecule has 2 aromatic rings. The van der Waals surface area contributed by atoms with Crippen LogP contribution in [0.5, 0.6) is 0 Å². The zero-order chi connectivity index (χ0) is 10.8. The van der Waals surface area contributed by atoms with Gasteiger partial charge in [0.05, 0.1) is 5.69 Å². The summed E-state index contributed by atoms with van der Waals surface area (Å²) >= 11 is 3.39. The van der Waals surface area contributed by atoms with Crippen molar-refractivity contribution in [2.24, 2.45) is 0 Å². The Labute approximate surface area is 97.5 Å². The number of aryl methyl sites for hydroxylation is 1. The van der Waals surface area contributed by atoms with Gasteiger partial charge >= 0.3 is 0 Å². The Morgan fingerprint density at radius 2 is 2.00 bits per heavy atom. The molecule has 0 aliphatic carbocycles. The van der Waals surface area contributed by atoms with Crippen molar-refractivity contribution in [1.82, 2.24) is 4.98 Å². The van der Waals surface area contributed by atoms with Crippen LogP contribution >= 0.6 is 15.9 Å². The Hall–Kier alpha value is -1.09. The fourth-order valence-corrected chi connectivity index (χ4v) is 1.64. The Morgan fingerprint density at radius 1 is 1.33 bits per heavy atom. The summed E-state index contributed by atoms with van der Waals surface area (Å²) in [5.74, 6) is 1.52. The van der Waals surface area contributed by atoms with Crippen LogP contribution in [0, 0.1) is 13.8 Å². The zero-order valence-electron chi connectivity index (χ0n) is 8.46. The van der Waals surface area contributed by atoms with Crippen LogP contribution in [0.3, 0.4) is 0 Å². The molecule has 0 bridgehead atoms. The topological polar surface area (TPSA) is 26.0 Å². The quantitative estimate of drug-likeness (QED) is 0.825. The highest BCUT2D eigenvalue weighted by molar-refractivity contribution is 9.10. The third-order valence-electron chi connectivity index (χ3n) is 2.22. The molecule has 0 atom stereocenters. The number of hydrogen-bond acceptors (Lipinski definition) is 2. The van der Waals surface area contributed by atoms with Crippen molar-refractivity contribution in [1.29, 1.82) is 0 Å². The Kier molecular flexibility index (Phi) is 2.91. The predicted molar refractivity (Wildman–Crippen MR) is 63.4 cm³/mol. The van der Waals surface area contributed by atoms with Gasteiger partial charge in [0.15, 0.2) is 0 Å². The molecule has 0 saturated heterocycles. The maximum absolute atomic E-state index is 5.57. The van der Waals surface area contributed by atoms with Gasteiger partial charge < -0.3 is 4.42 Å². The molecule has 0 amide bonds. The van der Waals surface area contributed by atoms with E-state index in [4.69, 9.17) is 4.42 Å². The first kappa shape index (κ1) is 10.4. The van der Waals surface area contributed by atoms with Gasteiger partial charge in [-0.3, -0.25) is 0 Å². The summed E-state index contributed by atoms with van der Waals surface area (Å²) in [6.45, 7) is 5.72. The summed E-state index contributed by atoms with van der Waals surface area (Å²) in [5, 5.41) is 0. The van der Waals surface area contributed by atoms with E-state index < -0.39 is 0 Å². The zero-order valence-corrected chi connectivity index (χ0v) is 10.0. The average Bonchev–Trinajstić information content (AvgIpc) is 2.61. The molecule has 77 valence electrons. The average molecular weight is 265 g/mol. The molecular formula is C12H11BrNO. The molecular weight excluding hydrogens is 254 g/mol. The van der Waals surface area contributed by atoms with Gasteiger partial charge in [-0.15, -0.1) is 0 Å². The van der Waals surface area contributed by atoms with Gasteiger partial charge in [0, 0.05) is 10.0 Å². The molecule has 15 heavy (non-hydrogen) atoms. The van der Waals surface area contributed by atoms with E-state index >= 15 is 0 Å². The molecule has 1 radical (unpaired) electrons. The minimum absolute atomic E-state index is 0.659. The Balaban J connectivity index is 2.41. The molecule has 1 aromatic carbocycles. The normalized spacial score (nSPS) is 10.6. The van der Waals surface area contributed by atoms with E-state index in [2.05, 4.69) is 27.8 Å². The summed E-state index contributed by atoms with van der Waals surface area (Å²) in [6, 6.07) is 7.89. The van der Waals surface area contributed by atoms with Crippen LogP contribution in [0.2, 0.25) is 0 Å². The van der Waals surface area contributed by atoms with Gasteiger partial charge in [0.25, 0.3) is 0 Å². The Morgan fingerprint density at radius 3 is 2.53 bits per heavy atom. The van der Waals surface area contributed by atoms with Crippen molar-refractivity contribution >= 4 is 15.9 Å². The summed E-state index contributed by atoms with van der Waals surface area (Å²) in [7, 11) is 0. The molecule has 2 rings (SSSR count). The summed E-state index contributed by atoms with van der Waals surface area (Å²) in [4.78, 5) is 4.38. The standard InChI is InChI=1S/C12H11BrNO/c1-3-11-8(2)15-12(14-11)9-4-6-10(13)7-5-9/h4-7H,1,3H2,2H3. The molecule has 0 unspecified atom stereocenters. The van der Waals surface area contributed by atoms with E-state index in [9.17, 15) is 0 Å². The van der Waals surface area contributed by atoms with Crippen LogP contribution in [0.4, 0.5) is 0 Å². The fraction of sp³-hybridized carbons (Fsp3) is 0.167. The fourth-order valence-electron chi connectivity index (χ4n) is 1.38. The van der Waals surface area contributed by atoms with Gasteiger partial charge in [-0.1, -0.05) is 15.9 Å². The van der Waals surface area contributed by atoms with Crippen LogP contribution in [-0.2, 0) is 6.42 Å². The summed E-state index contributed by atoms with van der Waals surface area (Å²) in [6.07, 6.45) is 0.659. The molecule has 0 spiro atoms. The minimum atomic E-state index is 0.659. The molecule has 0 aliphatic rings. The smallest absolute Gasteiger partial charge is 0.226 e. The van der Waals surface area contributed by atoms with Crippen LogP contribution < -0.4 is 0 Å². The summed E-state index contributed by atoms with van der Waals surface area (Å²) < 4.78 is 6.61. The number of nitrogens with zero attached hydrogens (tertiary/aromatic N) is 1. The van der Waals surface area contributed by atoms with E-state index in [-0.39, 0.29) is 0 Å². The number of benzene rings is 1. The molecule has 3 heteroatoms.